The lowest BCUT2D eigenvalue weighted by atomic mass is 10.1. The van der Waals surface area contributed by atoms with E-state index < -0.39 is 0 Å². The molecular weight excluding hydrogens is 164 g/mol. The Balaban J connectivity index is 2.46. The first kappa shape index (κ1) is 10.2. The van der Waals surface area contributed by atoms with Crippen LogP contribution in [0.5, 0.6) is 0 Å². The molecule has 13 heavy (non-hydrogen) atoms. The van der Waals surface area contributed by atoms with Gasteiger partial charge in [0.25, 0.3) is 0 Å². The van der Waals surface area contributed by atoms with Gasteiger partial charge in [0, 0.05) is 20.1 Å². The van der Waals surface area contributed by atoms with Crippen LogP contribution >= 0.6 is 0 Å². The van der Waals surface area contributed by atoms with Crippen molar-refractivity contribution in [3.63, 3.8) is 0 Å². The molecule has 1 rings (SSSR count). The van der Waals surface area contributed by atoms with Gasteiger partial charge in [0.05, 0.1) is 0 Å². The van der Waals surface area contributed by atoms with Crippen LogP contribution < -0.4 is 0 Å². The second kappa shape index (κ2) is 5.73. The summed E-state index contributed by atoms with van der Waals surface area (Å²) in [5, 5.41) is 0. The molecule has 2 heteroatoms. The van der Waals surface area contributed by atoms with Gasteiger partial charge in [0.1, 0.15) is 0 Å². The number of hydrogen-bond acceptors (Lipinski definition) is 2. The molecule has 1 atom stereocenters. The normalized spacial score (nSPS) is 12.8. The van der Waals surface area contributed by atoms with Crippen LogP contribution in [0.1, 0.15) is 12.5 Å². The lowest BCUT2D eigenvalue weighted by molar-refractivity contribution is -0.118. The topological polar surface area (TPSA) is 18.5 Å². The van der Waals surface area contributed by atoms with E-state index >= 15 is 0 Å². The van der Waals surface area contributed by atoms with Crippen molar-refractivity contribution in [2.75, 3.05) is 13.7 Å². The molecule has 0 aliphatic heterocycles. The third-order valence-corrected chi connectivity index (χ3v) is 1.78. The summed E-state index contributed by atoms with van der Waals surface area (Å²) in [4.78, 5) is 0. The Morgan fingerprint density at radius 3 is 2.85 bits per heavy atom. The standard InChI is InChI=1S/C11H15O2/c1-3-13-11(12-2)9-10-7-5-4-6-8-10/h4-7,11H,3,9H2,1-2H3. The van der Waals surface area contributed by atoms with E-state index in [9.17, 15) is 0 Å². The summed E-state index contributed by atoms with van der Waals surface area (Å²) in [6, 6.07) is 11.0. The van der Waals surface area contributed by atoms with E-state index in [0.29, 0.717) is 6.61 Å². The molecule has 0 fully saturated rings. The predicted octanol–water partition coefficient (Wildman–Crippen LogP) is 2.04. The summed E-state index contributed by atoms with van der Waals surface area (Å²) in [5.41, 5.74) is 1.11. The molecule has 0 heterocycles. The van der Waals surface area contributed by atoms with Crippen LogP contribution in [-0.2, 0) is 15.9 Å². The Morgan fingerprint density at radius 2 is 2.31 bits per heavy atom. The highest BCUT2D eigenvalue weighted by molar-refractivity contribution is 5.13. The maximum absolute atomic E-state index is 5.35. The van der Waals surface area contributed by atoms with Gasteiger partial charge in [-0.25, -0.2) is 0 Å². The molecule has 0 saturated heterocycles. The van der Waals surface area contributed by atoms with Crippen molar-refractivity contribution in [1.29, 1.82) is 0 Å². The van der Waals surface area contributed by atoms with E-state index in [2.05, 4.69) is 6.07 Å². The summed E-state index contributed by atoms with van der Waals surface area (Å²) in [5.74, 6) is 0. The second-order valence-electron chi connectivity index (χ2n) is 2.71. The smallest absolute Gasteiger partial charge is 0.161 e. The van der Waals surface area contributed by atoms with Gasteiger partial charge in [-0.3, -0.25) is 0 Å². The molecule has 0 spiro atoms. The highest BCUT2D eigenvalue weighted by Crippen LogP contribution is 2.05. The molecule has 1 radical (unpaired) electrons. The molecular formula is C11H15O2. The van der Waals surface area contributed by atoms with Crippen molar-refractivity contribution in [2.45, 2.75) is 19.6 Å². The van der Waals surface area contributed by atoms with Crippen LogP contribution in [0.4, 0.5) is 0 Å². The molecule has 2 nitrogen and oxygen atoms in total. The second-order valence-corrected chi connectivity index (χ2v) is 2.71. The zero-order valence-corrected chi connectivity index (χ0v) is 8.12. The highest BCUT2D eigenvalue weighted by Gasteiger charge is 2.06. The van der Waals surface area contributed by atoms with Gasteiger partial charge in [-0.15, -0.1) is 0 Å². The van der Waals surface area contributed by atoms with E-state index in [1.807, 2.05) is 31.2 Å². The Morgan fingerprint density at radius 1 is 1.46 bits per heavy atom. The van der Waals surface area contributed by atoms with Crippen molar-refractivity contribution in [2.24, 2.45) is 0 Å². The summed E-state index contributed by atoms with van der Waals surface area (Å²) in [6.07, 6.45) is 0.606. The molecule has 0 amide bonds. The highest BCUT2D eigenvalue weighted by atomic mass is 16.7. The van der Waals surface area contributed by atoms with Gasteiger partial charge in [-0.2, -0.15) is 0 Å². The Bertz CT molecular complexity index is 221. The van der Waals surface area contributed by atoms with Crippen LogP contribution in [0.3, 0.4) is 0 Å². The van der Waals surface area contributed by atoms with Crippen molar-refractivity contribution in [3.8, 4) is 0 Å². The molecule has 1 aromatic rings. The average molecular weight is 179 g/mol. The minimum atomic E-state index is -0.149. The minimum absolute atomic E-state index is 0.149. The van der Waals surface area contributed by atoms with E-state index in [-0.39, 0.29) is 6.29 Å². The van der Waals surface area contributed by atoms with E-state index in [0.717, 1.165) is 12.0 Å². The van der Waals surface area contributed by atoms with E-state index in [4.69, 9.17) is 9.47 Å². The summed E-state index contributed by atoms with van der Waals surface area (Å²) in [6.45, 7) is 2.63. The monoisotopic (exact) mass is 179 g/mol. The average Bonchev–Trinajstić information content (AvgIpc) is 2.19. The van der Waals surface area contributed by atoms with Gasteiger partial charge in [0.2, 0.25) is 0 Å². The maximum atomic E-state index is 5.35. The molecule has 0 aliphatic rings. The third kappa shape index (κ3) is 3.57. The SMILES string of the molecule is CCOC(Cc1[c]cccc1)OC. The van der Waals surface area contributed by atoms with Crippen molar-refractivity contribution in [3.05, 3.63) is 35.9 Å². The van der Waals surface area contributed by atoms with Crippen LogP contribution in [-0.4, -0.2) is 20.0 Å². The Hall–Kier alpha value is -0.860. The zero-order valence-electron chi connectivity index (χ0n) is 8.12. The van der Waals surface area contributed by atoms with Crippen molar-refractivity contribution < 1.29 is 9.47 Å². The molecule has 1 unspecified atom stereocenters. The third-order valence-electron chi connectivity index (χ3n) is 1.78. The fourth-order valence-electron chi connectivity index (χ4n) is 1.13. The first-order chi connectivity index (χ1) is 6.36. The van der Waals surface area contributed by atoms with Gasteiger partial charge in [0.15, 0.2) is 6.29 Å². The van der Waals surface area contributed by atoms with E-state index in [1.165, 1.54) is 0 Å². The first-order valence-corrected chi connectivity index (χ1v) is 4.46. The zero-order chi connectivity index (χ0) is 9.52. The maximum Gasteiger partial charge on any atom is 0.161 e. The van der Waals surface area contributed by atoms with Gasteiger partial charge < -0.3 is 9.47 Å². The molecule has 71 valence electrons. The van der Waals surface area contributed by atoms with Crippen molar-refractivity contribution >= 4 is 0 Å². The number of benzene rings is 1. The quantitative estimate of drug-likeness (QED) is 0.644. The Labute approximate surface area is 79.5 Å². The largest absolute Gasteiger partial charge is 0.356 e. The molecule has 1 aromatic carbocycles. The Kier molecular flexibility index (Phi) is 4.50. The molecule has 0 aromatic heterocycles. The number of hydrogen-bond donors (Lipinski definition) is 0. The number of ether oxygens (including phenoxy) is 2. The molecule has 0 saturated carbocycles. The van der Waals surface area contributed by atoms with Crippen molar-refractivity contribution in [1.82, 2.24) is 0 Å². The summed E-state index contributed by atoms with van der Waals surface area (Å²) in [7, 11) is 1.66. The first-order valence-electron chi connectivity index (χ1n) is 4.46. The molecule has 0 bridgehead atoms. The summed E-state index contributed by atoms with van der Waals surface area (Å²) < 4.78 is 10.5. The predicted molar refractivity (Wildman–Crippen MR) is 51.4 cm³/mol. The lowest BCUT2D eigenvalue weighted by Gasteiger charge is -2.14. The van der Waals surface area contributed by atoms with Gasteiger partial charge in [-0.05, 0) is 18.6 Å². The van der Waals surface area contributed by atoms with Gasteiger partial charge in [-0.1, -0.05) is 24.3 Å². The lowest BCUT2D eigenvalue weighted by Crippen LogP contribution is -2.18. The van der Waals surface area contributed by atoms with Crippen LogP contribution in [0.25, 0.3) is 0 Å². The number of rotatable bonds is 5. The number of methoxy groups -OCH3 is 1. The van der Waals surface area contributed by atoms with Crippen LogP contribution in [0.15, 0.2) is 24.3 Å². The molecule has 0 aliphatic carbocycles. The summed E-state index contributed by atoms with van der Waals surface area (Å²) >= 11 is 0. The minimum Gasteiger partial charge on any atom is -0.356 e. The fraction of sp³-hybridized carbons (Fsp3) is 0.455. The van der Waals surface area contributed by atoms with E-state index in [1.54, 1.807) is 7.11 Å². The fourth-order valence-corrected chi connectivity index (χ4v) is 1.13. The van der Waals surface area contributed by atoms with Gasteiger partial charge >= 0.3 is 0 Å². The van der Waals surface area contributed by atoms with Crippen LogP contribution in [0, 0.1) is 6.07 Å². The molecule has 0 N–H and O–H groups in total. The van der Waals surface area contributed by atoms with Crippen LogP contribution in [0.2, 0.25) is 0 Å².